The monoisotopic (exact) mass is 302 g/mol. The summed E-state index contributed by atoms with van der Waals surface area (Å²) >= 11 is 0. The maximum Gasteiger partial charge on any atom is 0.296 e. The van der Waals surface area contributed by atoms with Gasteiger partial charge in [-0.1, -0.05) is 26.7 Å². The van der Waals surface area contributed by atoms with Gasteiger partial charge in [-0.15, -0.1) is 10.2 Å². The highest BCUT2D eigenvalue weighted by Gasteiger charge is 2.21. The zero-order valence-corrected chi connectivity index (χ0v) is 13.9. The first-order valence-corrected chi connectivity index (χ1v) is 8.54. The summed E-state index contributed by atoms with van der Waals surface area (Å²) in [5.74, 6) is 2.34. The molecule has 0 radical (unpaired) electrons. The van der Waals surface area contributed by atoms with E-state index in [4.69, 9.17) is 0 Å². The van der Waals surface area contributed by atoms with E-state index in [0.717, 1.165) is 36.8 Å². The Labute approximate surface area is 131 Å². The third-order valence-corrected chi connectivity index (χ3v) is 4.99. The lowest BCUT2D eigenvalue weighted by atomic mass is 9.83. The van der Waals surface area contributed by atoms with Crippen molar-refractivity contribution >= 4 is 5.65 Å². The average Bonchev–Trinajstić information content (AvgIpc) is 2.89. The quantitative estimate of drug-likeness (QED) is 0.872. The molecule has 2 aromatic rings. The second kappa shape index (κ2) is 6.23. The van der Waals surface area contributed by atoms with E-state index in [0.29, 0.717) is 11.6 Å². The standard InChI is InChI=1S/C17H26N4O/c1-4-5-15-18-19-16-17(22)20(13(3)10-21(15)16)11-14-8-6-12(2)7-9-14/h10,12,14H,4-9,11H2,1-3H3. The van der Waals surface area contributed by atoms with Gasteiger partial charge in [0.15, 0.2) is 0 Å². The Morgan fingerprint density at radius 3 is 2.64 bits per heavy atom. The van der Waals surface area contributed by atoms with Crippen molar-refractivity contribution in [2.45, 2.75) is 65.8 Å². The van der Waals surface area contributed by atoms with Crippen LogP contribution in [0.25, 0.3) is 5.65 Å². The van der Waals surface area contributed by atoms with Gasteiger partial charge in [-0.2, -0.15) is 0 Å². The van der Waals surface area contributed by atoms with Crippen LogP contribution in [0.5, 0.6) is 0 Å². The van der Waals surface area contributed by atoms with Crippen molar-refractivity contribution in [3.63, 3.8) is 0 Å². The van der Waals surface area contributed by atoms with Crippen molar-refractivity contribution in [3.05, 3.63) is 28.1 Å². The van der Waals surface area contributed by atoms with Crippen molar-refractivity contribution in [1.82, 2.24) is 19.2 Å². The summed E-state index contributed by atoms with van der Waals surface area (Å²) in [5, 5.41) is 8.31. The summed E-state index contributed by atoms with van der Waals surface area (Å²) in [5.41, 5.74) is 1.49. The molecule has 120 valence electrons. The van der Waals surface area contributed by atoms with Crippen LogP contribution >= 0.6 is 0 Å². The van der Waals surface area contributed by atoms with Crippen LogP contribution in [0.1, 0.15) is 57.5 Å². The lowest BCUT2D eigenvalue weighted by Crippen LogP contribution is -2.29. The van der Waals surface area contributed by atoms with Gasteiger partial charge in [0, 0.05) is 24.9 Å². The molecule has 0 amide bonds. The van der Waals surface area contributed by atoms with E-state index in [1.165, 1.54) is 25.7 Å². The third kappa shape index (κ3) is 2.81. The van der Waals surface area contributed by atoms with Crippen LogP contribution in [0.15, 0.2) is 11.0 Å². The first-order chi connectivity index (χ1) is 10.6. The summed E-state index contributed by atoms with van der Waals surface area (Å²) in [6.07, 6.45) is 8.90. The number of hydrogen-bond acceptors (Lipinski definition) is 3. The van der Waals surface area contributed by atoms with Crippen LogP contribution in [0.4, 0.5) is 0 Å². The molecule has 0 spiro atoms. The van der Waals surface area contributed by atoms with Crippen LogP contribution in [0, 0.1) is 18.8 Å². The van der Waals surface area contributed by atoms with Crippen LogP contribution in [-0.4, -0.2) is 19.2 Å². The molecular formula is C17H26N4O. The number of hydrogen-bond donors (Lipinski definition) is 0. The number of rotatable bonds is 4. The summed E-state index contributed by atoms with van der Waals surface area (Å²) in [7, 11) is 0. The molecule has 0 unspecified atom stereocenters. The smallest absolute Gasteiger partial charge is 0.296 e. The Morgan fingerprint density at radius 2 is 1.95 bits per heavy atom. The van der Waals surface area contributed by atoms with Gasteiger partial charge in [0.1, 0.15) is 5.82 Å². The first-order valence-electron chi connectivity index (χ1n) is 8.54. The minimum atomic E-state index is 0.00785. The van der Waals surface area contributed by atoms with E-state index in [2.05, 4.69) is 24.0 Å². The first kappa shape index (κ1) is 15.3. The van der Waals surface area contributed by atoms with Gasteiger partial charge in [0.25, 0.3) is 5.56 Å². The Bertz CT molecular complexity index is 707. The van der Waals surface area contributed by atoms with Crippen LogP contribution in [-0.2, 0) is 13.0 Å². The molecule has 0 aliphatic heterocycles. The van der Waals surface area contributed by atoms with Gasteiger partial charge in [-0.3, -0.25) is 9.20 Å². The zero-order valence-electron chi connectivity index (χ0n) is 13.9. The van der Waals surface area contributed by atoms with Crippen molar-refractivity contribution in [2.75, 3.05) is 0 Å². The van der Waals surface area contributed by atoms with E-state index in [1.54, 1.807) is 0 Å². The Morgan fingerprint density at radius 1 is 1.23 bits per heavy atom. The molecule has 5 heteroatoms. The highest BCUT2D eigenvalue weighted by molar-refractivity contribution is 5.36. The number of nitrogens with zero attached hydrogens (tertiary/aromatic N) is 4. The molecule has 22 heavy (non-hydrogen) atoms. The SMILES string of the molecule is CCCc1nnc2c(=O)n(CC3CCC(C)CC3)c(C)cn12. The average molecular weight is 302 g/mol. The molecule has 0 bridgehead atoms. The largest absolute Gasteiger partial charge is 0.308 e. The van der Waals surface area contributed by atoms with E-state index in [9.17, 15) is 4.79 Å². The molecule has 5 nitrogen and oxygen atoms in total. The van der Waals surface area contributed by atoms with E-state index in [1.807, 2.05) is 22.1 Å². The summed E-state index contributed by atoms with van der Waals surface area (Å²) in [4.78, 5) is 12.7. The van der Waals surface area contributed by atoms with E-state index in [-0.39, 0.29) is 5.56 Å². The minimum absolute atomic E-state index is 0.00785. The van der Waals surface area contributed by atoms with Gasteiger partial charge >= 0.3 is 0 Å². The molecule has 0 aromatic carbocycles. The Balaban J connectivity index is 1.92. The fraction of sp³-hybridized carbons (Fsp3) is 0.706. The van der Waals surface area contributed by atoms with E-state index < -0.39 is 0 Å². The molecule has 2 aromatic heterocycles. The van der Waals surface area contributed by atoms with Crippen LogP contribution in [0.3, 0.4) is 0 Å². The lowest BCUT2D eigenvalue weighted by molar-refractivity contribution is 0.261. The lowest BCUT2D eigenvalue weighted by Gasteiger charge is -2.27. The molecule has 1 aliphatic rings. The fourth-order valence-corrected chi connectivity index (χ4v) is 3.53. The second-order valence-corrected chi connectivity index (χ2v) is 6.87. The molecule has 0 N–H and O–H groups in total. The maximum absolute atomic E-state index is 12.7. The van der Waals surface area contributed by atoms with Crippen molar-refractivity contribution < 1.29 is 0 Å². The normalized spacial score (nSPS) is 22.3. The molecule has 3 rings (SSSR count). The topological polar surface area (TPSA) is 52.2 Å². The van der Waals surface area contributed by atoms with Crippen molar-refractivity contribution in [3.8, 4) is 0 Å². The predicted octanol–water partition coefficient (Wildman–Crippen LogP) is 2.98. The van der Waals surface area contributed by atoms with E-state index >= 15 is 0 Å². The van der Waals surface area contributed by atoms with Crippen molar-refractivity contribution in [2.24, 2.45) is 11.8 Å². The summed E-state index contributed by atoms with van der Waals surface area (Å²) in [6.45, 7) is 7.27. The number of aromatic nitrogens is 4. The molecule has 1 aliphatic carbocycles. The minimum Gasteiger partial charge on any atom is -0.308 e. The maximum atomic E-state index is 12.7. The number of fused-ring (bicyclic) bond motifs is 1. The third-order valence-electron chi connectivity index (χ3n) is 4.99. The second-order valence-electron chi connectivity index (χ2n) is 6.87. The molecule has 1 saturated carbocycles. The zero-order chi connectivity index (χ0) is 15.7. The van der Waals surface area contributed by atoms with Gasteiger partial charge in [0.05, 0.1) is 0 Å². The highest BCUT2D eigenvalue weighted by atomic mass is 16.1. The Hall–Kier alpha value is -1.65. The predicted molar refractivity (Wildman–Crippen MR) is 87.1 cm³/mol. The van der Waals surface area contributed by atoms with Crippen molar-refractivity contribution in [1.29, 1.82) is 0 Å². The molecule has 1 fully saturated rings. The van der Waals surface area contributed by atoms with Gasteiger partial charge in [-0.25, -0.2) is 0 Å². The fourth-order valence-electron chi connectivity index (χ4n) is 3.53. The molecular weight excluding hydrogens is 276 g/mol. The van der Waals surface area contributed by atoms with Crippen LogP contribution < -0.4 is 5.56 Å². The number of aryl methyl sites for hydroxylation is 2. The molecule has 0 saturated heterocycles. The highest BCUT2D eigenvalue weighted by Crippen LogP contribution is 2.29. The van der Waals surface area contributed by atoms with Crippen LogP contribution in [0.2, 0.25) is 0 Å². The van der Waals surface area contributed by atoms with Gasteiger partial charge in [-0.05, 0) is 38.0 Å². The Kier molecular flexibility index (Phi) is 4.32. The summed E-state index contributed by atoms with van der Waals surface area (Å²) in [6, 6.07) is 0. The van der Waals surface area contributed by atoms with Gasteiger partial charge in [0.2, 0.25) is 5.65 Å². The van der Waals surface area contributed by atoms with Gasteiger partial charge < -0.3 is 4.57 Å². The molecule has 2 heterocycles. The summed E-state index contributed by atoms with van der Waals surface area (Å²) < 4.78 is 3.78. The molecule has 0 atom stereocenters.